The van der Waals surface area contributed by atoms with Gasteiger partial charge in [0.1, 0.15) is 0 Å². The Morgan fingerprint density at radius 3 is 2.41 bits per heavy atom. The molecule has 3 aliphatic heterocycles. The van der Waals surface area contributed by atoms with Gasteiger partial charge in [0, 0.05) is 25.0 Å². The molecule has 4 aliphatic rings. The summed E-state index contributed by atoms with van der Waals surface area (Å²) in [7, 11) is -2.10. The van der Waals surface area contributed by atoms with Crippen molar-refractivity contribution in [3.63, 3.8) is 0 Å². The van der Waals surface area contributed by atoms with Crippen LogP contribution in [0.2, 0.25) is 16.6 Å². The van der Waals surface area contributed by atoms with Crippen LogP contribution in [0, 0.1) is 0 Å². The maximum absolute atomic E-state index is 7.41. The zero-order chi connectivity index (χ0) is 24.2. The first-order valence-electron chi connectivity index (χ1n) is 13.0. The van der Waals surface area contributed by atoms with Crippen molar-refractivity contribution in [2.45, 2.75) is 95.3 Å². The Morgan fingerprint density at radius 2 is 1.76 bits per heavy atom. The lowest BCUT2D eigenvalue weighted by Gasteiger charge is -2.51. The minimum Gasteiger partial charge on any atom is -0.454 e. The lowest BCUT2D eigenvalue weighted by atomic mass is 9.73. The molecule has 0 radical (unpaired) electrons. The van der Waals surface area contributed by atoms with Gasteiger partial charge in [-0.1, -0.05) is 59.3 Å². The normalized spacial score (nSPS) is 27.9. The number of hydrogen-bond donors (Lipinski definition) is 0. The smallest absolute Gasteiger partial charge is 0.231 e. The van der Waals surface area contributed by atoms with Gasteiger partial charge in [-0.15, -0.1) is 6.58 Å². The van der Waals surface area contributed by atoms with E-state index in [-0.39, 0.29) is 18.1 Å². The van der Waals surface area contributed by atoms with Crippen LogP contribution in [0.4, 0.5) is 0 Å². The average molecular weight is 484 g/mol. The summed E-state index contributed by atoms with van der Waals surface area (Å²) >= 11 is 0. The summed E-state index contributed by atoms with van der Waals surface area (Å²) in [5.74, 6) is 1.94. The third kappa shape index (κ3) is 3.69. The molecule has 0 spiro atoms. The fraction of sp³-hybridized carbons (Fsp3) is 0.643. The van der Waals surface area contributed by atoms with Crippen LogP contribution in [-0.2, 0) is 15.7 Å². The standard InChI is InChI=1S/C28H41NO4Si/c1-8-11-30-28-25(33-34(17(2)3,18(4)5)19(6)7)12-20-9-10-29-15-21-13-23-24(32-16-31-23)14-22(21)26(28)27(20)29/h8,12-14,17-19,25-28H,1,9-11,15-16H2,2-7H3/t25-,26-,27+,28+/m0/s1. The fourth-order valence-electron chi connectivity index (χ4n) is 7.44. The number of rotatable bonds is 8. The minimum absolute atomic E-state index is 0.0496. The second kappa shape index (κ2) is 9.12. The molecule has 1 aliphatic carbocycles. The largest absolute Gasteiger partial charge is 0.454 e. The van der Waals surface area contributed by atoms with Crippen molar-refractivity contribution < 1.29 is 18.6 Å². The first-order chi connectivity index (χ1) is 16.3. The minimum atomic E-state index is -2.10. The first-order valence-corrected chi connectivity index (χ1v) is 15.2. The summed E-state index contributed by atoms with van der Waals surface area (Å²) in [6.07, 6.45) is 5.31. The molecule has 3 heterocycles. The van der Waals surface area contributed by atoms with Gasteiger partial charge in [0.15, 0.2) is 11.5 Å². The van der Waals surface area contributed by atoms with Gasteiger partial charge in [-0.3, -0.25) is 4.90 Å². The van der Waals surface area contributed by atoms with Gasteiger partial charge < -0.3 is 18.6 Å². The first kappa shape index (κ1) is 24.1. The van der Waals surface area contributed by atoms with Crippen molar-refractivity contribution in [1.29, 1.82) is 0 Å². The molecular formula is C28H41NO4Si. The second-order valence-corrected chi connectivity index (χ2v) is 16.7. The summed E-state index contributed by atoms with van der Waals surface area (Å²) in [5, 5.41) is 0. The third-order valence-corrected chi connectivity index (χ3v) is 14.8. The van der Waals surface area contributed by atoms with Crippen LogP contribution in [0.5, 0.6) is 11.5 Å². The van der Waals surface area contributed by atoms with Crippen molar-refractivity contribution in [2.75, 3.05) is 19.9 Å². The molecule has 0 N–H and O–H groups in total. The Kier molecular flexibility index (Phi) is 6.47. The maximum atomic E-state index is 7.41. The Morgan fingerprint density at radius 1 is 1.09 bits per heavy atom. The summed E-state index contributed by atoms with van der Waals surface area (Å²) < 4.78 is 25.6. The molecule has 34 heavy (non-hydrogen) atoms. The van der Waals surface area contributed by atoms with Crippen molar-refractivity contribution in [2.24, 2.45) is 0 Å². The Bertz CT molecular complexity index is 950. The van der Waals surface area contributed by atoms with Crippen LogP contribution in [-0.4, -0.2) is 51.4 Å². The van der Waals surface area contributed by atoms with E-state index in [1.807, 2.05) is 6.08 Å². The highest BCUT2D eigenvalue weighted by Gasteiger charge is 2.54. The molecule has 186 valence electrons. The lowest BCUT2D eigenvalue weighted by Crippen LogP contribution is -2.57. The fourth-order valence-corrected chi connectivity index (χ4v) is 12.9. The molecule has 0 bridgehead atoms. The van der Waals surface area contributed by atoms with Gasteiger partial charge in [0.05, 0.1) is 18.8 Å². The van der Waals surface area contributed by atoms with E-state index in [0.29, 0.717) is 36.1 Å². The van der Waals surface area contributed by atoms with Crippen LogP contribution in [0.15, 0.2) is 36.4 Å². The highest BCUT2D eigenvalue weighted by molar-refractivity contribution is 6.77. The molecule has 1 aromatic carbocycles. The number of benzene rings is 1. The molecule has 1 saturated heterocycles. The molecule has 0 unspecified atom stereocenters. The number of fused-ring (bicyclic) bond motifs is 3. The van der Waals surface area contributed by atoms with Crippen LogP contribution >= 0.6 is 0 Å². The monoisotopic (exact) mass is 483 g/mol. The third-order valence-electron chi connectivity index (χ3n) is 8.68. The van der Waals surface area contributed by atoms with Gasteiger partial charge in [-0.25, -0.2) is 0 Å². The highest BCUT2D eigenvalue weighted by Crippen LogP contribution is 2.52. The van der Waals surface area contributed by atoms with E-state index in [9.17, 15) is 0 Å². The average Bonchev–Trinajstić information content (AvgIpc) is 3.41. The zero-order valence-corrected chi connectivity index (χ0v) is 22.7. The van der Waals surface area contributed by atoms with Crippen LogP contribution in [0.3, 0.4) is 0 Å². The maximum Gasteiger partial charge on any atom is 0.231 e. The molecule has 6 heteroatoms. The van der Waals surface area contributed by atoms with E-state index < -0.39 is 8.32 Å². The van der Waals surface area contributed by atoms with Gasteiger partial charge in [0.25, 0.3) is 0 Å². The van der Waals surface area contributed by atoms with Gasteiger partial charge in [-0.2, -0.15) is 0 Å². The van der Waals surface area contributed by atoms with Crippen molar-refractivity contribution in [1.82, 2.24) is 4.90 Å². The van der Waals surface area contributed by atoms with Crippen molar-refractivity contribution >= 4 is 8.32 Å². The van der Waals surface area contributed by atoms with Gasteiger partial charge >= 0.3 is 0 Å². The molecule has 0 saturated carbocycles. The highest BCUT2D eigenvalue weighted by atomic mass is 28.4. The van der Waals surface area contributed by atoms with Crippen LogP contribution in [0.25, 0.3) is 0 Å². The number of hydrogen-bond acceptors (Lipinski definition) is 5. The van der Waals surface area contributed by atoms with Crippen molar-refractivity contribution in [3.05, 3.63) is 47.6 Å². The number of nitrogens with zero attached hydrogens (tertiary/aromatic N) is 1. The van der Waals surface area contributed by atoms with E-state index in [2.05, 4.69) is 71.2 Å². The zero-order valence-electron chi connectivity index (χ0n) is 21.7. The summed E-state index contributed by atoms with van der Waals surface area (Å²) in [5.41, 5.74) is 5.77. The molecule has 0 aromatic heterocycles. The molecule has 1 fully saturated rings. The summed E-state index contributed by atoms with van der Waals surface area (Å²) in [6.45, 7) is 21.0. The Hall–Kier alpha value is -1.60. The Balaban J connectivity index is 1.61. The molecule has 5 rings (SSSR count). The van der Waals surface area contributed by atoms with Crippen molar-refractivity contribution in [3.8, 4) is 11.5 Å². The molecule has 1 aromatic rings. The molecular weight excluding hydrogens is 442 g/mol. The SMILES string of the molecule is C=CCO[C@H]1[C@H]2c3cc4c(cc3CN3CCC(=C[C@@H]1O[Si](C(C)C)(C(C)C)C(C)C)[C@H]23)OCO4. The summed E-state index contributed by atoms with van der Waals surface area (Å²) in [4.78, 5) is 2.62. The second-order valence-electron chi connectivity index (χ2n) is 11.3. The lowest BCUT2D eigenvalue weighted by molar-refractivity contribution is -0.0403. The number of ether oxygens (including phenoxy) is 3. The molecule has 5 nitrogen and oxygen atoms in total. The Labute approximate surface area is 206 Å². The van der Waals surface area contributed by atoms with Crippen LogP contribution < -0.4 is 9.47 Å². The van der Waals surface area contributed by atoms with E-state index in [0.717, 1.165) is 31.0 Å². The predicted molar refractivity (Wildman–Crippen MR) is 138 cm³/mol. The molecule has 0 amide bonds. The van der Waals surface area contributed by atoms with E-state index in [1.54, 1.807) is 0 Å². The summed E-state index contributed by atoms with van der Waals surface area (Å²) in [6, 6.07) is 4.79. The topological polar surface area (TPSA) is 40.2 Å². The predicted octanol–water partition coefficient (Wildman–Crippen LogP) is 6.16. The quantitative estimate of drug-likeness (QED) is 0.327. The van der Waals surface area contributed by atoms with Gasteiger partial charge in [-0.05, 0) is 46.3 Å². The molecule has 4 atom stereocenters. The van der Waals surface area contributed by atoms with E-state index in [1.165, 1.54) is 16.7 Å². The van der Waals surface area contributed by atoms with E-state index in [4.69, 9.17) is 18.6 Å². The van der Waals surface area contributed by atoms with Gasteiger partial charge in [0.2, 0.25) is 15.1 Å². The van der Waals surface area contributed by atoms with Crippen LogP contribution in [0.1, 0.15) is 65.0 Å². The van der Waals surface area contributed by atoms with E-state index >= 15 is 0 Å².